The quantitative estimate of drug-likeness (QED) is 0.690. The summed E-state index contributed by atoms with van der Waals surface area (Å²) in [4.78, 5) is 22.1. The molecule has 0 saturated heterocycles. The number of esters is 1. The van der Waals surface area contributed by atoms with Gasteiger partial charge >= 0.3 is 12.1 Å². The molecule has 0 aliphatic heterocycles. The monoisotopic (exact) mass is 205 g/mol. The maximum absolute atomic E-state index is 11.1. The van der Waals surface area contributed by atoms with E-state index in [0.29, 0.717) is 0 Å². The van der Waals surface area contributed by atoms with Gasteiger partial charge in [-0.25, -0.2) is 9.59 Å². The molecule has 0 radical (unpaired) electrons. The van der Waals surface area contributed by atoms with Crippen molar-refractivity contribution in [3.05, 3.63) is 0 Å². The molecular formula is C9H19NO4. The van der Waals surface area contributed by atoms with Crippen LogP contribution < -0.4 is 5.32 Å². The first-order chi connectivity index (χ1) is 6.26. The van der Waals surface area contributed by atoms with E-state index in [1.165, 1.54) is 14.0 Å². The number of carbonyl (C=O) groups is 2. The van der Waals surface area contributed by atoms with Gasteiger partial charge in [0.05, 0.1) is 7.11 Å². The van der Waals surface area contributed by atoms with Gasteiger partial charge in [0.2, 0.25) is 0 Å². The normalized spacial score (nSPS) is 12.9. The van der Waals surface area contributed by atoms with Crippen LogP contribution in [0.25, 0.3) is 0 Å². The number of amides is 1. The minimum absolute atomic E-state index is 0. The van der Waals surface area contributed by atoms with Crippen molar-refractivity contribution >= 4 is 12.1 Å². The van der Waals surface area contributed by atoms with Gasteiger partial charge in [-0.2, -0.15) is 0 Å². The second kappa shape index (κ2) is 4.83. The molecule has 0 unspecified atom stereocenters. The SMILES string of the molecule is COC(=O)[C@@H](C)NC(=O)OC(C)(C)C.[HH]. The Kier molecular flexibility index (Phi) is 4.40. The Hall–Kier alpha value is -1.26. The van der Waals surface area contributed by atoms with Crippen LogP contribution in [-0.4, -0.2) is 30.8 Å². The van der Waals surface area contributed by atoms with Crippen LogP contribution in [0.15, 0.2) is 0 Å². The Labute approximate surface area is 85.2 Å². The molecule has 84 valence electrons. The van der Waals surface area contributed by atoms with Crippen molar-refractivity contribution in [1.29, 1.82) is 0 Å². The van der Waals surface area contributed by atoms with E-state index in [9.17, 15) is 9.59 Å². The van der Waals surface area contributed by atoms with Crippen LogP contribution >= 0.6 is 0 Å². The van der Waals surface area contributed by atoms with Crippen molar-refractivity contribution in [3.63, 3.8) is 0 Å². The van der Waals surface area contributed by atoms with Crippen molar-refractivity contribution in [2.45, 2.75) is 39.3 Å². The van der Waals surface area contributed by atoms with E-state index in [4.69, 9.17) is 4.74 Å². The lowest BCUT2D eigenvalue weighted by Gasteiger charge is -2.21. The molecular weight excluding hydrogens is 186 g/mol. The summed E-state index contributed by atoms with van der Waals surface area (Å²) in [7, 11) is 1.26. The van der Waals surface area contributed by atoms with E-state index in [2.05, 4.69) is 10.1 Å². The third-order valence-corrected chi connectivity index (χ3v) is 1.29. The first kappa shape index (κ1) is 12.7. The average molecular weight is 205 g/mol. The molecule has 0 heterocycles. The third kappa shape index (κ3) is 5.40. The molecule has 0 fully saturated rings. The fraction of sp³-hybridized carbons (Fsp3) is 0.778. The number of ether oxygens (including phenoxy) is 2. The topological polar surface area (TPSA) is 64.6 Å². The van der Waals surface area contributed by atoms with Gasteiger partial charge < -0.3 is 14.8 Å². The Morgan fingerprint density at radius 3 is 2.21 bits per heavy atom. The summed E-state index contributed by atoms with van der Waals surface area (Å²) < 4.78 is 9.38. The Balaban J connectivity index is 0. The molecule has 0 aromatic rings. The van der Waals surface area contributed by atoms with Crippen LogP contribution in [0.4, 0.5) is 4.79 Å². The Morgan fingerprint density at radius 2 is 1.86 bits per heavy atom. The van der Waals surface area contributed by atoms with Crippen LogP contribution in [0.2, 0.25) is 0 Å². The van der Waals surface area contributed by atoms with Crippen LogP contribution in [-0.2, 0) is 14.3 Å². The van der Waals surface area contributed by atoms with Crippen molar-refractivity contribution in [2.24, 2.45) is 0 Å². The van der Waals surface area contributed by atoms with E-state index in [1.54, 1.807) is 20.8 Å². The third-order valence-electron chi connectivity index (χ3n) is 1.29. The number of hydrogen-bond acceptors (Lipinski definition) is 4. The van der Waals surface area contributed by atoms with E-state index in [1.807, 2.05) is 0 Å². The van der Waals surface area contributed by atoms with Gasteiger partial charge in [-0.1, -0.05) is 0 Å². The minimum Gasteiger partial charge on any atom is -0.467 e. The second-order valence-electron chi connectivity index (χ2n) is 3.89. The molecule has 1 N–H and O–H groups in total. The molecule has 0 aliphatic carbocycles. The summed E-state index contributed by atoms with van der Waals surface area (Å²) in [6, 6.07) is -0.699. The molecule has 0 aromatic carbocycles. The van der Waals surface area contributed by atoms with Crippen molar-refractivity contribution < 1.29 is 20.5 Å². The predicted molar refractivity (Wildman–Crippen MR) is 53.0 cm³/mol. The lowest BCUT2D eigenvalue weighted by atomic mass is 10.2. The fourth-order valence-corrected chi connectivity index (χ4v) is 0.720. The molecule has 0 spiro atoms. The number of nitrogens with one attached hydrogen (secondary N) is 1. The summed E-state index contributed by atoms with van der Waals surface area (Å²) >= 11 is 0. The zero-order chi connectivity index (χ0) is 11.4. The van der Waals surface area contributed by atoms with Crippen molar-refractivity contribution in [1.82, 2.24) is 5.32 Å². The zero-order valence-corrected chi connectivity index (χ0v) is 9.21. The van der Waals surface area contributed by atoms with E-state index in [-0.39, 0.29) is 1.43 Å². The Bertz CT molecular complexity index is 225. The molecule has 0 saturated carbocycles. The highest BCUT2D eigenvalue weighted by molar-refractivity contribution is 5.80. The van der Waals surface area contributed by atoms with Gasteiger partial charge in [-0.3, -0.25) is 0 Å². The predicted octanol–water partition coefficient (Wildman–Crippen LogP) is 1.32. The second-order valence-corrected chi connectivity index (χ2v) is 3.89. The molecule has 0 aromatic heterocycles. The standard InChI is InChI=1S/C9H17NO4.H2/c1-6(7(11)13-5)10-8(12)14-9(2,3)4;/h6H,1-5H3,(H,10,12);1H/t6-;/m1./s1. The zero-order valence-electron chi connectivity index (χ0n) is 9.21. The Morgan fingerprint density at radius 1 is 1.36 bits per heavy atom. The average Bonchev–Trinajstić information content (AvgIpc) is 1.99. The maximum atomic E-state index is 11.1. The van der Waals surface area contributed by atoms with E-state index < -0.39 is 23.7 Å². The molecule has 0 rings (SSSR count). The maximum Gasteiger partial charge on any atom is 0.408 e. The van der Waals surface area contributed by atoms with Gasteiger partial charge in [0.15, 0.2) is 0 Å². The fourth-order valence-electron chi connectivity index (χ4n) is 0.720. The number of rotatable bonds is 2. The first-order valence-corrected chi connectivity index (χ1v) is 4.33. The molecule has 14 heavy (non-hydrogen) atoms. The summed E-state index contributed by atoms with van der Waals surface area (Å²) in [5.41, 5.74) is -0.570. The smallest absolute Gasteiger partial charge is 0.408 e. The largest absolute Gasteiger partial charge is 0.467 e. The lowest BCUT2D eigenvalue weighted by Crippen LogP contribution is -2.42. The number of alkyl carbamates (subject to hydrolysis) is 1. The van der Waals surface area contributed by atoms with Gasteiger partial charge in [0.25, 0.3) is 0 Å². The van der Waals surface area contributed by atoms with Crippen molar-refractivity contribution in [2.75, 3.05) is 7.11 Å². The highest BCUT2D eigenvalue weighted by atomic mass is 16.6. The molecule has 5 nitrogen and oxygen atoms in total. The highest BCUT2D eigenvalue weighted by Gasteiger charge is 2.20. The summed E-state index contributed by atoms with van der Waals surface area (Å²) in [5, 5.41) is 2.35. The number of methoxy groups -OCH3 is 1. The molecule has 1 amide bonds. The molecule has 5 heteroatoms. The van der Waals surface area contributed by atoms with Crippen LogP contribution in [0.3, 0.4) is 0 Å². The molecule has 1 atom stereocenters. The first-order valence-electron chi connectivity index (χ1n) is 4.33. The van der Waals surface area contributed by atoms with Crippen LogP contribution in [0, 0.1) is 0 Å². The summed E-state index contributed by atoms with van der Waals surface area (Å²) in [5.74, 6) is -0.504. The van der Waals surface area contributed by atoms with Gasteiger partial charge in [-0.05, 0) is 27.7 Å². The van der Waals surface area contributed by atoms with Crippen LogP contribution in [0.5, 0.6) is 0 Å². The summed E-state index contributed by atoms with van der Waals surface area (Å²) in [6.07, 6.45) is -0.629. The van der Waals surface area contributed by atoms with Crippen molar-refractivity contribution in [3.8, 4) is 0 Å². The van der Waals surface area contributed by atoms with E-state index in [0.717, 1.165) is 0 Å². The summed E-state index contributed by atoms with van der Waals surface area (Å²) in [6.45, 7) is 6.76. The van der Waals surface area contributed by atoms with Gasteiger partial charge in [0.1, 0.15) is 11.6 Å². The molecule has 0 bridgehead atoms. The lowest BCUT2D eigenvalue weighted by molar-refractivity contribution is -0.142. The highest BCUT2D eigenvalue weighted by Crippen LogP contribution is 2.06. The van der Waals surface area contributed by atoms with Crippen LogP contribution in [0.1, 0.15) is 29.1 Å². The van der Waals surface area contributed by atoms with E-state index >= 15 is 0 Å². The van der Waals surface area contributed by atoms with Gasteiger partial charge in [0, 0.05) is 1.43 Å². The number of hydrogen-bond donors (Lipinski definition) is 1. The molecule has 0 aliphatic rings. The minimum atomic E-state index is -0.699. The number of carbonyl (C=O) groups excluding carboxylic acids is 2. The van der Waals surface area contributed by atoms with Gasteiger partial charge in [-0.15, -0.1) is 0 Å².